The van der Waals surface area contributed by atoms with Gasteiger partial charge in [-0.15, -0.1) is 9.24 Å². The van der Waals surface area contributed by atoms with Gasteiger partial charge in [0.25, 0.3) is 0 Å². The molecule has 13 heavy (non-hydrogen) atoms. The normalized spacial score (nSPS) is 16.7. The molecular weight excluding hydrogens is 179 g/mol. The Bertz CT molecular complexity index is 284. The van der Waals surface area contributed by atoms with Crippen molar-refractivity contribution in [2.75, 3.05) is 5.32 Å². The average Bonchev–Trinajstić information content (AvgIpc) is 2.12. The molecule has 1 aromatic rings. The smallest absolute Gasteiger partial charge is 0.126 e. The summed E-state index contributed by atoms with van der Waals surface area (Å²) >= 11 is 0. The van der Waals surface area contributed by atoms with Gasteiger partial charge in [0.2, 0.25) is 0 Å². The average molecular weight is 194 g/mol. The summed E-state index contributed by atoms with van der Waals surface area (Å²) in [5.74, 6) is 1.03. The summed E-state index contributed by atoms with van der Waals surface area (Å²) in [6.45, 7) is 0. The molecule has 1 aromatic heterocycles. The van der Waals surface area contributed by atoms with E-state index in [-0.39, 0.29) is 0 Å². The molecular formula is C10H15N2P. The van der Waals surface area contributed by atoms with Gasteiger partial charge in [0, 0.05) is 12.2 Å². The van der Waals surface area contributed by atoms with Gasteiger partial charge in [-0.05, 0) is 43.1 Å². The molecule has 0 saturated heterocycles. The van der Waals surface area contributed by atoms with Gasteiger partial charge in [0.15, 0.2) is 0 Å². The molecule has 1 aliphatic carbocycles. The predicted molar refractivity (Wildman–Crippen MR) is 58.9 cm³/mol. The van der Waals surface area contributed by atoms with Crippen molar-refractivity contribution in [3.05, 3.63) is 23.9 Å². The van der Waals surface area contributed by atoms with E-state index in [1.165, 1.54) is 24.8 Å². The zero-order chi connectivity index (χ0) is 9.10. The Morgan fingerprint density at radius 1 is 1.54 bits per heavy atom. The number of pyridine rings is 1. The number of hydrogen-bond acceptors (Lipinski definition) is 2. The van der Waals surface area contributed by atoms with E-state index in [0.29, 0.717) is 6.04 Å². The number of aromatic nitrogens is 1. The van der Waals surface area contributed by atoms with Crippen LogP contribution in [-0.4, -0.2) is 11.0 Å². The van der Waals surface area contributed by atoms with E-state index < -0.39 is 0 Å². The third kappa shape index (κ3) is 2.19. The molecule has 1 fully saturated rings. The highest BCUT2D eigenvalue weighted by atomic mass is 31.0. The molecule has 2 nitrogen and oxygen atoms in total. The van der Waals surface area contributed by atoms with Crippen LogP contribution in [0.25, 0.3) is 0 Å². The number of hydrogen-bond donors (Lipinski definition) is 1. The zero-order valence-corrected chi connectivity index (χ0v) is 8.82. The molecule has 1 atom stereocenters. The lowest BCUT2D eigenvalue weighted by Gasteiger charge is -2.26. The van der Waals surface area contributed by atoms with Crippen molar-refractivity contribution in [3.63, 3.8) is 0 Å². The van der Waals surface area contributed by atoms with Crippen LogP contribution in [0.1, 0.15) is 24.8 Å². The molecule has 1 aliphatic rings. The maximum absolute atomic E-state index is 4.29. The van der Waals surface area contributed by atoms with Crippen LogP contribution >= 0.6 is 9.24 Å². The highest BCUT2D eigenvalue weighted by molar-refractivity contribution is 7.15. The van der Waals surface area contributed by atoms with Crippen LogP contribution < -0.4 is 5.32 Å². The fourth-order valence-electron chi connectivity index (χ4n) is 1.44. The van der Waals surface area contributed by atoms with Gasteiger partial charge in [-0.25, -0.2) is 4.98 Å². The summed E-state index contributed by atoms with van der Waals surface area (Å²) in [4.78, 5) is 4.29. The second-order valence-corrected chi connectivity index (χ2v) is 3.93. The maximum atomic E-state index is 4.29. The molecule has 0 bridgehead atoms. The van der Waals surface area contributed by atoms with Gasteiger partial charge in [-0.3, -0.25) is 0 Å². The van der Waals surface area contributed by atoms with Crippen molar-refractivity contribution in [3.8, 4) is 0 Å². The Hall–Kier alpha value is -0.620. The third-order valence-electron chi connectivity index (χ3n) is 2.52. The van der Waals surface area contributed by atoms with Crippen LogP contribution in [0.3, 0.4) is 0 Å². The molecule has 0 aliphatic heterocycles. The van der Waals surface area contributed by atoms with Crippen LogP contribution in [0.4, 0.5) is 5.82 Å². The Morgan fingerprint density at radius 2 is 2.38 bits per heavy atom. The lowest BCUT2D eigenvalue weighted by molar-refractivity contribution is 0.444. The molecule has 0 radical (unpaired) electrons. The van der Waals surface area contributed by atoms with E-state index in [4.69, 9.17) is 0 Å². The summed E-state index contributed by atoms with van der Waals surface area (Å²) in [5, 5.41) is 3.43. The second-order valence-electron chi connectivity index (χ2n) is 3.53. The maximum Gasteiger partial charge on any atom is 0.126 e. The number of rotatable bonds is 3. The van der Waals surface area contributed by atoms with E-state index in [0.717, 1.165) is 12.0 Å². The van der Waals surface area contributed by atoms with Gasteiger partial charge >= 0.3 is 0 Å². The molecule has 1 heterocycles. The number of nitrogens with zero attached hydrogens (tertiary/aromatic N) is 1. The molecule has 3 heteroatoms. The largest absolute Gasteiger partial charge is 0.367 e. The molecule has 1 saturated carbocycles. The van der Waals surface area contributed by atoms with Crippen LogP contribution in [0, 0.1) is 0 Å². The van der Waals surface area contributed by atoms with E-state index in [1.807, 2.05) is 6.20 Å². The van der Waals surface area contributed by atoms with Crippen molar-refractivity contribution in [1.29, 1.82) is 0 Å². The minimum atomic E-state index is 0.673. The first-order valence-corrected chi connectivity index (χ1v) is 5.61. The third-order valence-corrected chi connectivity index (χ3v) is 2.99. The molecule has 0 amide bonds. The fourth-order valence-corrected chi connectivity index (χ4v) is 1.70. The van der Waals surface area contributed by atoms with E-state index in [9.17, 15) is 0 Å². The molecule has 1 unspecified atom stereocenters. The summed E-state index contributed by atoms with van der Waals surface area (Å²) < 4.78 is 0. The van der Waals surface area contributed by atoms with Crippen LogP contribution in [0.15, 0.2) is 18.3 Å². The Labute approximate surface area is 81.3 Å². The minimum Gasteiger partial charge on any atom is -0.367 e. The first kappa shape index (κ1) is 8.96. The topological polar surface area (TPSA) is 24.9 Å². The highest BCUT2D eigenvalue weighted by Gasteiger charge is 2.16. The van der Waals surface area contributed by atoms with Crippen molar-refractivity contribution in [2.45, 2.75) is 31.5 Å². The highest BCUT2D eigenvalue weighted by Crippen LogP contribution is 2.22. The lowest BCUT2D eigenvalue weighted by atomic mass is 9.93. The monoisotopic (exact) mass is 194 g/mol. The van der Waals surface area contributed by atoms with Gasteiger partial charge in [0.1, 0.15) is 5.82 Å². The fraction of sp³-hybridized carbons (Fsp3) is 0.500. The second kappa shape index (κ2) is 4.06. The summed E-state index contributed by atoms with van der Waals surface area (Å²) in [5.41, 5.74) is 1.32. The predicted octanol–water partition coefficient (Wildman–Crippen LogP) is 2.42. The Balaban J connectivity index is 2.01. The van der Waals surface area contributed by atoms with Crippen molar-refractivity contribution in [1.82, 2.24) is 4.98 Å². The van der Waals surface area contributed by atoms with Crippen LogP contribution in [0.5, 0.6) is 0 Å². The summed E-state index contributed by atoms with van der Waals surface area (Å²) in [6, 6.07) is 4.86. The Kier molecular flexibility index (Phi) is 2.80. The molecule has 1 N–H and O–H groups in total. The van der Waals surface area contributed by atoms with Crippen LogP contribution in [-0.2, 0) is 6.16 Å². The first-order chi connectivity index (χ1) is 6.38. The van der Waals surface area contributed by atoms with Crippen molar-refractivity contribution < 1.29 is 0 Å². The van der Waals surface area contributed by atoms with Gasteiger partial charge in [-0.1, -0.05) is 0 Å². The Morgan fingerprint density at radius 3 is 3.00 bits per heavy atom. The van der Waals surface area contributed by atoms with Crippen molar-refractivity contribution in [2.24, 2.45) is 0 Å². The van der Waals surface area contributed by atoms with Gasteiger partial charge in [-0.2, -0.15) is 0 Å². The quantitative estimate of drug-likeness (QED) is 0.747. The van der Waals surface area contributed by atoms with Crippen molar-refractivity contribution >= 4 is 15.1 Å². The lowest BCUT2D eigenvalue weighted by Crippen LogP contribution is -2.27. The molecule has 70 valence electrons. The zero-order valence-electron chi connectivity index (χ0n) is 7.66. The summed E-state index contributed by atoms with van der Waals surface area (Å²) in [6.07, 6.45) is 6.84. The van der Waals surface area contributed by atoms with Gasteiger partial charge < -0.3 is 5.32 Å². The van der Waals surface area contributed by atoms with E-state index in [1.54, 1.807) is 0 Å². The SMILES string of the molecule is PCc1ccnc(NC2CCC2)c1. The first-order valence-electron chi connectivity index (χ1n) is 4.80. The summed E-state index contributed by atoms with van der Waals surface area (Å²) in [7, 11) is 2.73. The van der Waals surface area contributed by atoms with Crippen LogP contribution in [0.2, 0.25) is 0 Å². The molecule has 0 aromatic carbocycles. The number of nitrogens with one attached hydrogen (secondary N) is 1. The number of anilines is 1. The standard InChI is InChI=1S/C10H15N2P/c13-7-8-4-5-11-10(6-8)12-9-2-1-3-9/h4-6,9H,1-3,7,13H2,(H,11,12). The van der Waals surface area contributed by atoms with E-state index in [2.05, 4.69) is 31.7 Å². The molecule has 0 spiro atoms. The minimum absolute atomic E-state index is 0.673. The van der Waals surface area contributed by atoms with Gasteiger partial charge in [0.05, 0.1) is 0 Å². The molecule has 2 rings (SSSR count). The van der Waals surface area contributed by atoms with E-state index >= 15 is 0 Å².